The maximum Gasteiger partial charge on any atom is 0.305 e. The van der Waals surface area contributed by atoms with Crippen molar-refractivity contribution in [2.75, 3.05) is 13.2 Å². The lowest BCUT2D eigenvalue weighted by Crippen LogP contribution is -2.45. The molecule has 0 saturated carbocycles. The van der Waals surface area contributed by atoms with Crippen LogP contribution in [0, 0.1) is 0 Å². The predicted octanol–water partition coefficient (Wildman–Crippen LogP) is 27.1. The Kier molecular flexibility index (Phi) is 76.8. The third-order valence-electron chi connectivity index (χ3n) is 19.6. The van der Waals surface area contributed by atoms with E-state index in [1.54, 1.807) is 0 Å². The van der Waals surface area contributed by atoms with Crippen LogP contribution in [0.1, 0.15) is 476 Å². The predicted molar refractivity (Wildman–Crippen MR) is 389 cm³/mol. The van der Waals surface area contributed by atoms with E-state index in [-0.39, 0.29) is 18.5 Å². The molecule has 1 amide bonds. The van der Waals surface area contributed by atoms with Crippen molar-refractivity contribution in [2.45, 2.75) is 488 Å². The van der Waals surface area contributed by atoms with Crippen molar-refractivity contribution in [3.63, 3.8) is 0 Å². The van der Waals surface area contributed by atoms with Crippen molar-refractivity contribution in [3.8, 4) is 0 Å². The molecule has 6 heteroatoms. The van der Waals surface area contributed by atoms with E-state index in [4.69, 9.17) is 4.74 Å². The Bertz CT molecular complexity index is 1340. The van der Waals surface area contributed by atoms with E-state index in [1.165, 1.54) is 398 Å². The zero-order valence-electron chi connectivity index (χ0n) is 60.3. The van der Waals surface area contributed by atoms with Gasteiger partial charge < -0.3 is 20.3 Å². The number of esters is 1. The largest absolute Gasteiger partial charge is 0.466 e. The van der Waals surface area contributed by atoms with Crippen LogP contribution in [0.4, 0.5) is 0 Å². The highest BCUT2D eigenvalue weighted by molar-refractivity contribution is 5.76. The van der Waals surface area contributed by atoms with E-state index >= 15 is 0 Å². The normalized spacial score (nSPS) is 12.5. The summed E-state index contributed by atoms with van der Waals surface area (Å²) in [4.78, 5) is 24.6. The Morgan fingerprint density at radius 3 is 0.841 bits per heavy atom. The third-order valence-corrected chi connectivity index (χ3v) is 19.6. The van der Waals surface area contributed by atoms with Crippen molar-refractivity contribution in [3.05, 3.63) is 12.2 Å². The number of rotatable bonds is 78. The second kappa shape index (κ2) is 78.0. The number of hydrogen-bond acceptors (Lipinski definition) is 5. The number of ether oxygens (including phenoxy) is 1. The van der Waals surface area contributed by atoms with Crippen LogP contribution in [0.2, 0.25) is 0 Å². The molecule has 0 spiro atoms. The van der Waals surface area contributed by atoms with E-state index in [9.17, 15) is 19.8 Å². The SMILES string of the molecule is CCCC/C=C\CCCCCCCC(=O)OCCCCCCCCCCCCCCCCCCCCCCCCCCCCCCCCCCCCCC(=O)NC(CO)C(O)CCCCCCCCCCCCCCCCCCCCCCCCCCC. The van der Waals surface area contributed by atoms with Crippen LogP contribution in [0.25, 0.3) is 0 Å². The molecule has 524 valence electrons. The van der Waals surface area contributed by atoms with Crippen LogP contribution < -0.4 is 5.32 Å². The van der Waals surface area contributed by atoms with Gasteiger partial charge in [0, 0.05) is 12.8 Å². The molecule has 88 heavy (non-hydrogen) atoms. The van der Waals surface area contributed by atoms with Crippen molar-refractivity contribution in [1.29, 1.82) is 0 Å². The number of hydrogen-bond donors (Lipinski definition) is 3. The zero-order chi connectivity index (χ0) is 63.5. The van der Waals surface area contributed by atoms with E-state index < -0.39 is 12.1 Å². The summed E-state index contributed by atoms with van der Waals surface area (Å²) in [5, 5.41) is 23.5. The minimum Gasteiger partial charge on any atom is -0.466 e. The first-order valence-corrected chi connectivity index (χ1v) is 40.9. The Labute approximate surface area is 552 Å². The minimum absolute atomic E-state index is 0.0126. The summed E-state index contributed by atoms with van der Waals surface area (Å²) in [6.07, 6.45) is 99.0. The number of aliphatic hydroxyl groups excluding tert-OH is 2. The van der Waals surface area contributed by atoms with Gasteiger partial charge in [-0.25, -0.2) is 0 Å². The first-order chi connectivity index (χ1) is 43.5. The molecule has 6 nitrogen and oxygen atoms in total. The molecule has 0 fully saturated rings. The van der Waals surface area contributed by atoms with E-state index in [2.05, 4.69) is 31.3 Å². The average Bonchev–Trinajstić information content (AvgIpc) is 3.55. The van der Waals surface area contributed by atoms with Gasteiger partial charge in [0.2, 0.25) is 5.91 Å². The van der Waals surface area contributed by atoms with Crippen LogP contribution in [-0.4, -0.2) is 47.4 Å². The van der Waals surface area contributed by atoms with Gasteiger partial charge in [-0.15, -0.1) is 0 Å². The van der Waals surface area contributed by atoms with E-state index in [0.29, 0.717) is 25.9 Å². The van der Waals surface area contributed by atoms with Crippen molar-refractivity contribution < 1.29 is 24.5 Å². The summed E-state index contributed by atoms with van der Waals surface area (Å²) < 4.78 is 5.48. The average molecular weight is 1240 g/mol. The Balaban J connectivity index is 3.32. The summed E-state index contributed by atoms with van der Waals surface area (Å²) in [7, 11) is 0. The minimum atomic E-state index is -0.662. The summed E-state index contributed by atoms with van der Waals surface area (Å²) in [5.74, 6) is -0.0106. The molecule has 0 aromatic heterocycles. The molecule has 0 heterocycles. The first kappa shape index (κ1) is 86.6. The summed E-state index contributed by atoms with van der Waals surface area (Å²) in [6, 6.07) is -0.538. The molecule has 0 aliphatic heterocycles. The molecule has 0 radical (unpaired) electrons. The highest BCUT2D eigenvalue weighted by atomic mass is 16.5. The van der Waals surface area contributed by atoms with Gasteiger partial charge in [-0.2, -0.15) is 0 Å². The monoisotopic (exact) mass is 1240 g/mol. The highest BCUT2D eigenvalue weighted by Crippen LogP contribution is 2.21. The third kappa shape index (κ3) is 73.6. The summed E-state index contributed by atoms with van der Waals surface area (Å²) in [5.41, 5.74) is 0. The van der Waals surface area contributed by atoms with Gasteiger partial charge in [-0.3, -0.25) is 9.59 Å². The molecule has 0 bridgehead atoms. The topological polar surface area (TPSA) is 95.9 Å². The van der Waals surface area contributed by atoms with Crippen molar-refractivity contribution >= 4 is 11.9 Å². The van der Waals surface area contributed by atoms with E-state index in [0.717, 1.165) is 44.9 Å². The fourth-order valence-corrected chi connectivity index (χ4v) is 13.3. The van der Waals surface area contributed by atoms with Gasteiger partial charge in [-0.05, 0) is 44.9 Å². The van der Waals surface area contributed by atoms with Gasteiger partial charge in [0.25, 0.3) is 0 Å². The number of aliphatic hydroxyl groups is 2. The second-order valence-corrected chi connectivity index (χ2v) is 28.5. The fourth-order valence-electron chi connectivity index (χ4n) is 13.3. The molecular formula is C82H161NO5. The Morgan fingerprint density at radius 1 is 0.307 bits per heavy atom. The number of carbonyl (C=O) groups excluding carboxylic acids is 2. The number of allylic oxidation sites excluding steroid dienone is 2. The van der Waals surface area contributed by atoms with Crippen LogP contribution >= 0.6 is 0 Å². The molecule has 0 saturated heterocycles. The summed E-state index contributed by atoms with van der Waals surface area (Å²) >= 11 is 0. The van der Waals surface area contributed by atoms with Crippen LogP contribution in [0.5, 0.6) is 0 Å². The lowest BCUT2D eigenvalue weighted by Gasteiger charge is -2.22. The quantitative estimate of drug-likeness (QED) is 0.0320. The van der Waals surface area contributed by atoms with Crippen molar-refractivity contribution in [1.82, 2.24) is 5.32 Å². The summed E-state index contributed by atoms with van der Waals surface area (Å²) in [6.45, 7) is 4.97. The number of nitrogens with one attached hydrogen (secondary N) is 1. The highest BCUT2D eigenvalue weighted by Gasteiger charge is 2.20. The number of carbonyl (C=O) groups is 2. The smallest absolute Gasteiger partial charge is 0.305 e. The van der Waals surface area contributed by atoms with E-state index in [1.807, 2.05) is 0 Å². The molecule has 2 atom stereocenters. The second-order valence-electron chi connectivity index (χ2n) is 28.5. The molecule has 0 aromatic carbocycles. The first-order valence-electron chi connectivity index (χ1n) is 40.9. The maximum absolute atomic E-state index is 12.6. The molecule has 0 aliphatic carbocycles. The van der Waals surface area contributed by atoms with Gasteiger partial charge in [0.15, 0.2) is 0 Å². The lowest BCUT2D eigenvalue weighted by molar-refractivity contribution is -0.143. The molecule has 0 aromatic rings. The molecule has 3 N–H and O–H groups in total. The molecule has 0 aliphatic rings. The molecular weight excluding hydrogens is 1080 g/mol. The van der Waals surface area contributed by atoms with Crippen LogP contribution in [0.3, 0.4) is 0 Å². The lowest BCUT2D eigenvalue weighted by atomic mass is 10.0. The standard InChI is InChI=1S/C82H161NO5/c1-3-5-7-9-11-13-15-16-17-18-19-20-21-33-36-39-42-45-48-51-55-58-62-66-70-74-80(85)79(78-84)83-81(86)75-71-67-63-59-56-52-49-46-43-40-37-34-31-29-27-25-23-22-24-26-28-30-32-35-38-41-44-47-50-53-57-61-65-69-73-77-88-82(87)76-72-68-64-60-54-14-12-10-8-6-4-2/h10,12,79-80,84-85H,3-9,11,13-78H2,1-2H3,(H,83,86)/b12-10-. The van der Waals surface area contributed by atoms with Gasteiger partial charge in [0.05, 0.1) is 25.4 Å². The Morgan fingerprint density at radius 2 is 0.545 bits per heavy atom. The number of amides is 1. The van der Waals surface area contributed by atoms with Crippen molar-refractivity contribution in [2.24, 2.45) is 0 Å². The molecule has 2 unspecified atom stereocenters. The maximum atomic E-state index is 12.6. The van der Waals surface area contributed by atoms with Gasteiger partial charge in [-0.1, -0.05) is 431 Å². The Hall–Kier alpha value is -1.40. The number of unbranched alkanes of at least 4 members (excludes halogenated alkanes) is 65. The van der Waals surface area contributed by atoms with Crippen LogP contribution in [-0.2, 0) is 14.3 Å². The van der Waals surface area contributed by atoms with Crippen LogP contribution in [0.15, 0.2) is 12.2 Å². The van der Waals surface area contributed by atoms with Gasteiger partial charge >= 0.3 is 5.97 Å². The van der Waals surface area contributed by atoms with Gasteiger partial charge in [0.1, 0.15) is 0 Å². The molecule has 0 rings (SSSR count). The fraction of sp³-hybridized carbons (Fsp3) is 0.951. The zero-order valence-corrected chi connectivity index (χ0v) is 60.3.